The van der Waals surface area contributed by atoms with Crippen LogP contribution in [0.3, 0.4) is 0 Å². The third kappa shape index (κ3) is 5.12. The molecule has 3 rings (SSSR count). The lowest BCUT2D eigenvalue weighted by Gasteiger charge is -2.31. The normalized spacial score (nSPS) is 30.7. The molecule has 0 nitrogen and oxygen atoms in total. The molecule has 0 N–H and O–H groups in total. The van der Waals surface area contributed by atoms with Gasteiger partial charge in [0.15, 0.2) is 11.6 Å². The van der Waals surface area contributed by atoms with E-state index in [9.17, 15) is 13.2 Å². The quantitative estimate of drug-likeness (QED) is 0.522. The van der Waals surface area contributed by atoms with Gasteiger partial charge in [-0.1, -0.05) is 25.0 Å². The first-order chi connectivity index (χ1) is 12.2. The zero-order chi connectivity index (χ0) is 17.6. The van der Waals surface area contributed by atoms with Crippen LogP contribution in [0.25, 0.3) is 0 Å². The van der Waals surface area contributed by atoms with Crippen molar-refractivity contribution in [1.29, 1.82) is 0 Å². The van der Waals surface area contributed by atoms with Gasteiger partial charge in [0.2, 0.25) is 0 Å². The minimum absolute atomic E-state index is 0.384. The van der Waals surface area contributed by atoms with Gasteiger partial charge in [0.05, 0.1) is 6.33 Å². The van der Waals surface area contributed by atoms with Crippen molar-refractivity contribution >= 4 is 0 Å². The molecular weight excluding hydrogens is 321 g/mol. The van der Waals surface area contributed by atoms with Gasteiger partial charge < -0.3 is 0 Å². The lowest BCUT2D eigenvalue weighted by atomic mass is 9.74. The molecule has 0 unspecified atom stereocenters. The van der Waals surface area contributed by atoms with E-state index in [1.54, 1.807) is 12.1 Å². The number of hydrogen-bond acceptors (Lipinski definition) is 0. The number of allylic oxidation sites excluding steroid dienone is 1. The van der Waals surface area contributed by atoms with Gasteiger partial charge in [-0.15, -0.1) is 0 Å². The summed E-state index contributed by atoms with van der Waals surface area (Å²) in [5.74, 6) is 0.951. The largest absolute Gasteiger partial charge is 0.216 e. The van der Waals surface area contributed by atoms with Crippen LogP contribution in [0.5, 0.6) is 0 Å². The number of halogens is 3. The van der Waals surface area contributed by atoms with Gasteiger partial charge in [0.25, 0.3) is 0 Å². The van der Waals surface area contributed by atoms with Crippen LogP contribution < -0.4 is 0 Å². The molecule has 1 aromatic rings. The average molecular weight is 350 g/mol. The molecule has 0 heterocycles. The fourth-order valence-corrected chi connectivity index (χ4v) is 4.79. The Morgan fingerprint density at radius 3 is 1.96 bits per heavy atom. The zero-order valence-corrected chi connectivity index (χ0v) is 14.9. The molecule has 0 aromatic heterocycles. The molecule has 0 amide bonds. The van der Waals surface area contributed by atoms with Crippen LogP contribution in [0.2, 0.25) is 0 Å². The van der Waals surface area contributed by atoms with Crippen LogP contribution in [0.4, 0.5) is 13.2 Å². The molecule has 0 atom stereocenters. The molecule has 2 aliphatic carbocycles. The summed E-state index contributed by atoms with van der Waals surface area (Å²) < 4.78 is 38.7. The van der Waals surface area contributed by atoms with Crippen LogP contribution in [0.15, 0.2) is 30.6 Å². The summed E-state index contributed by atoms with van der Waals surface area (Å²) in [7, 11) is 0. The maximum absolute atomic E-state index is 13.4. The molecule has 0 spiro atoms. The van der Waals surface area contributed by atoms with E-state index in [2.05, 4.69) is 0 Å². The van der Waals surface area contributed by atoms with Crippen molar-refractivity contribution in [2.24, 2.45) is 17.8 Å². The average Bonchev–Trinajstić information content (AvgIpc) is 2.64. The van der Waals surface area contributed by atoms with Crippen molar-refractivity contribution in [3.63, 3.8) is 0 Å². The minimum Gasteiger partial charge on any atom is -0.216 e. The topological polar surface area (TPSA) is 0 Å². The van der Waals surface area contributed by atoms with Gasteiger partial charge in [-0.2, -0.15) is 0 Å². The van der Waals surface area contributed by atoms with Gasteiger partial charge in [-0.25, -0.2) is 13.2 Å². The van der Waals surface area contributed by atoms with E-state index >= 15 is 0 Å². The third-order valence-electron chi connectivity index (χ3n) is 6.48. The molecule has 25 heavy (non-hydrogen) atoms. The third-order valence-corrected chi connectivity index (χ3v) is 6.48. The second kappa shape index (κ2) is 8.91. The maximum Gasteiger partial charge on any atom is 0.159 e. The Labute approximate surface area is 149 Å². The van der Waals surface area contributed by atoms with Gasteiger partial charge in [0.1, 0.15) is 0 Å². The summed E-state index contributed by atoms with van der Waals surface area (Å²) in [6.07, 6.45) is 14.3. The van der Waals surface area contributed by atoms with Gasteiger partial charge >= 0.3 is 0 Å². The lowest BCUT2D eigenvalue weighted by Crippen LogP contribution is -2.17. The van der Waals surface area contributed by atoms with Crippen LogP contribution in [-0.4, -0.2) is 0 Å². The standard InChI is InChI=1S/C22H29F3/c23-14-13-18-5-3-16(4-6-18)1-2-17-7-9-19(10-8-17)20-11-12-21(24)22(25)15-20/h11-19H,1-10H2/t16-,17-,18-,19-. The Morgan fingerprint density at radius 1 is 0.800 bits per heavy atom. The molecule has 0 saturated heterocycles. The summed E-state index contributed by atoms with van der Waals surface area (Å²) in [6.45, 7) is 0. The predicted molar refractivity (Wildman–Crippen MR) is 96.0 cm³/mol. The number of rotatable bonds is 5. The first-order valence-electron chi connectivity index (χ1n) is 9.87. The summed E-state index contributed by atoms with van der Waals surface area (Å²) in [6, 6.07) is 4.38. The zero-order valence-electron chi connectivity index (χ0n) is 14.9. The maximum atomic E-state index is 13.4. The molecule has 3 heteroatoms. The highest BCUT2D eigenvalue weighted by atomic mass is 19.2. The molecule has 1 aromatic carbocycles. The molecule has 2 fully saturated rings. The Bertz CT molecular complexity index is 565. The van der Waals surface area contributed by atoms with Crippen LogP contribution >= 0.6 is 0 Å². The van der Waals surface area contributed by atoms with Crippen molar-refractivity contribution in [3.05, 3.63) is 47.8 Å². The molecule has 138 valence electrons. The van der Waals surface area contributed by atoms with E-state index in [-0.39, 0.29) is 0 Å². The van der Waals surface area contributed by atoms with E-state index in [1.807, 2.05) is 0 Å². The Kier molecular flexibility index (Phi) is 6.61. The summed E-state index contributed by atoms with van der Waals surface area (Å²) in [5, 5.41) is 0. The highest BCUT2D eigenvalue weighted by Gasteiger charge is 2.25. The summed E-state index contributed by atoms with van der Waals surface area (Å²) in [5.41, 5.74) is 0.955. The van der Waals surface area contributed by atoms with Crippen LogP contribution in [-0.2, 0) is 0 Å². The first kappa shape index (κ1) is 18.5. The number of benzene rings is 1. The van der Waals surface area contributed by atoms with Crippen LogP contribution in [0.1, 0.15) is 75.7 Å². The van der Waals surface area contributed by atoms with Gasteiger partial charge in [-0.3, -0.25) is 0 Å². The fourth-order valence-electron chi connectivity index (χ4n) is 4.79. The first-order valence-corrected chi connectivity index (χ1v) is 9.87. The molecule has 2 aliphatic rings. The van der Waals surface area contributed by atoms with Crippen molar-refractivity contribution in [3.8, 4) is 0 Å². The smallest absolute Gasteiger partial charge is 0.159 e. The van der Waals surface area contributed by atoms with Crippen molar-refractivity contribution in [2.75, 3.05) is 0 Å². The van der Waals surface area contributed by atoms with Gasteiger partial charge in [0, 0.05) is 0 Å². The Balaban J connectivity index is 1.39. The second-order valence-electron chi connectivity index (χ2n) is 8.07. The molecule has 0 bridgehead atoms. The molecule has 0 radical (unpaired) electrons. The van der Waals surface area contributed by atoms with E-state index in [4.69, 9.17) is 0 Å². The van der Waals surface area contributed by atoms with E-state index in [0.717, 1.165) is 43.1 Å². The van der Waals surface area contributed by atoms with Crippen molar-refractivity contribution in [2.45, 2.75) is 70.1 Å². The van der Waals surface area contributed by atoms with Crippen molar-refractivity contribution in [1.82, 2.24) is 0 Å². The Morgan fingerprint density at radius 2 is 1.40 bits per heavy atom. The SMILES string of the molecule is FC=C[C@H]1CC[C@H](CC[C@H]2CC[C@H](c3ccc(F)c(F)c3)CC2)CC1. The minimum atomic E-state index is -0.755. The fraction of sp³-hybridized carbons (Fsp3) is 0.636. The van der Waals surface area contributed by atoms with Crippen LogP contribution in [0, 0.1) is 29.4 Å². The van der Waals surface area contributed by atoms with E-state index < -0.39 is 11.6 Å². The lowest BCUT2D eigenvalue weighted by molar-refractivity contribution is 0.245. The van der Waals surface area contributed by atoms with Crippen molar-refractivity contribution < 1.29 is 13.2 Å². The monoisotopic (exact) mass is 350 g/mol. The predicted octanol–water partition coefficient (Wildman–Crippen LogP) is 7.31. The second-order valence-corrected chi connectivity index (χ2v) is 8.07. The Hall–Kier alpha value is -1.25. The van der Waals surface area contributed by atoms with E-state index in [1.165, 1.54) is 50.7 Å². The van der Waals surface area contributed by atoms with E-state index in [0.29, 0.717) is 18.2 Å². The molecule has 2 saturated carbocycles. The highest BCUT2D eigenvalue weighted by Crippen LogP contribution is 2.40. The summed E-state index contributed by atoms with van der Waals surface area (Å²) >= 11 is 0. The summed E-state index contributed by atoms with van der Waals surface area (Å²) in [4.78, 5) is 0. The number of hydrogen-bond donors (Lipinski definition) is 0. The molecular formula is C22H29F3. The highest BCUT2D eigenvalue weighted by molar-refractivity contribution is 5.22. The molecule has 0 aliphatic heterocycles. The van der Waals surface area contributed by atoms with Gasteiger partial charge in [-0.05, 0) is 92.7 Å².